The first-order valence-corrected chi connectivity index (χ1v) is 10.4. The zero-order valence-corrected chi connectivity index (χ0v) is 18.3. The van der Waals surface area contributed by atoms with Crippen LogP contribution in [0.1, 0.15) is 31.3 Å². The van der Waals surface area contributed by atoms with Crippen LogP contribution in [-0.2, 0) is 6.42 Å². The number of thiazole rings is 1. The first-order chi connectivity index (χ1) is 14.8. The van der Waals surface area contributed by atoms with E-state index in [4.69, 9.17) is 10.5 Å². The van der Waals surface area contributed by atoms with Crippen molar-refractivity contribution in [3.8, 4) is 11.5 Å². The number of ether oxygens (including phenoxy) is 1. The molecule has 0 saturated carbocycles. The highest BCUT2D eigenvalue weighted by atomic mass is 32.1. The summed E-state index contributed by atoms with van der Waals surface area (Å²) in [5.74, 6) is -0.715. The number of nitrogens with one attached hydrogen (secondary N) is 1. The number of hydrogen-bond donors (Lipinski definition) is 2. The van der Waals surface area contributed by atoms with Crippen molar-refractivity contribution in [1.29, 1.82) is 0 Å². The number of hydrogen-bond acceptors (Lipinski definition) is 6. The molecule has 31 heavy (non-hydrogen) atoms. The van der Waals surface area contributed by atoms with E-state index in [0.717, 1.165) is 23.3 Å². The maximum atomic E-state index is 14.3. The van der Waals surface area contributed by atoms with E-state index in [2.05, 4.69) is 10.3 Å². The number of carbonyl (C=O) groups is 2. The quantitative estimate of drug-likeness (QED) is 0.579. The Bertz CT molecular complexity index is 1100. The fraction of sp³-hybridized carbons (Fsp3) is 0.227. The number of benzene rings is 2. The van der Waals surface area contributed by atoms with Gasteiger partial charge in [-0.1, -0.05) is 23.5 Å². The van der Waals surface area contributed by atoms with E-state index in [1.807, 2.05) is 12.1 Å². The van der Waals surface area contributed by atoms with Crippen LogP contribution in [0.2, 0.25) is 0 Å². The van der Waals surface area contributed by atoms with Crippen LogP contribution in [0.25, 0.3) is 0 Å². The van der Waals surface area contributed by atoms with Gasteiger partial charge in [-0.25, -0.2) is 9.37 Å². The Morgan fingerprint density at radius 2 is 1.84 bits per heavy atom. The highest BCUT2D eigenvalue weighted by Gasteiger charge is 2.20. The molecular weight excluding hydrogens is 419 g/mol. The third-order valence-corrected chi connectivity index (χ3v) is 5.45. The normalized spacial score (nSPS) is 10.6. The topological polar surface area (TPSA) is 97.5 Å². The van der Waals surface area contributed by atoms with Gasteiger partial charge < -0.3 is 15.4 Å². The van der Waals surface area contributed by atoms with Crippen LogP contribution in [-0.4, -0.2) is 42.3 Å². The predicted molar refractivity (Wildman–Crippen MR) is 118 cm³/mol. The van der Waals surface area contributed by atoms with Gasteiger partial charge in [-0.3, -0.25) is 14.9 Å². The second kappa shape index (κ2) is 9.67. The molecule has 0 aliphatic carbocycles. The van der Waals surface area contributed by atoms with Crippen LogP contribution < -0.4 is 15.8 Å². The summed E-state index contributed by atoms with van der Waals surface area (Å²) in [6, 6.07) is 11.3. The molecule has 0 unspecified atom stereocenters. The first-order valence-electron chi connectivity index (χ1n) is 9.55. The van der Waals surface area contributed by atoms with E-state index >= 15 is 0 Å². The predicted octanol–water partition coefficient (Wildman–Crippen LogP) is 3.84. The Morgan fingerprint density at radius 1 is 1.16 bits per heavy atom. The number of aromatic nitrogens is 1. The lowest BCUT2D eigenvalue weighted by Gasteiger charge is -2.09. The summed E-state index contributed by atoms with van der Waals surface area (Å²) >= 11 is 1.04. The molecule has 0 spiro atoms. The van der Waals surface area contributed by atoms with Gasteiger partial charge in [0.15, 0.2) is 5.13 Å². The van der Waals surface area contributed by atoms with Crippen LogP contribution in [0.3, 0.4) is 0 Å². The van der Waals surface area contributed by atoms with E-state index in [0.29, 0.717) is 28.6 Å². The van der Waals surface area contributed by atoms with Crippen LogP contribution in [0.15, 0.2) is 42.5 Å². The summed E-state index contributed by atoms with van der Waals surface area (Å²) in [6.07, 6.45) is 0.763. The van der Waals surface area contributed by atoms with Crippen molar-refractivity contribution in [2.45, 2.75) is 13.3 Å². The van der Waals surface area contributed by atoms with Gasteiger partial charge in [0.2, 0.25) is 0 Å². The van der Waals surface area contributed by atoms with Crippen molar-refractivity contribution in [2.75, 3.05) is 26.0 Å². The van der Waals surface area contributed by atoms with Gasteiger partial charge >= 0.3 is 0 Å². The number of anilines is 1. The number of nitrogens with zero attached hydrogens (tertiary/aromatic N) is 2. The molecule has 0 atom stereocenters. The van der Waals surface area contributed by atoms with Gasteiger partial charge in [0.25, 0.3) is 11.8 Å². The lowest BCUT2D eigenvalue weighted by atomic mass is 10.1. The van der Waals surface area contributed by atoms with Crippen molar-refractivity contribution >= 4 is 28.3 Å². The lowest BCUT2D eigenvalue weighted by Crippen LogP contribution is -2.21. The highest BCUT2D eigenvalue weighted by molar-refractivity contribution is 7.17. The average molecular weight is 443 g/mol. The minimum atomic E-state index is -0.694. The third kappa shape index (κ3) is 5.44. The lowest BCUT2D eigenvalue weighted by molar-refractivity contribution is 0.0831. The van der Waals surface area contributed by atoms with Crippen molar-refractivity contribution in [3.63, 3.8) is 0 Å². The first kappa shape index (κ1) is 22.4. The molecule has 0 fully saturated rings. The molecule has 3 aromatic rings. The molecule has 0 bridgehead atoms. The van der Waals surface area contributed by atoms with Gasteiger partial charge in [-0.15, -0.1) is 0 Å². The highest BCUT2D eigenvalue weighted by Crippen LogP contribution is 2.27. The molecule has 2 aromatic carbocycles. The number of nitrogens with two attached hydrogens (primary N) is 1. The Hall–Kier alpha value is -3.30. The molecule has 7 nitrogen and oxygen atoms in total. The van der Waals surface area contributed by atoms with E-state index in [1.54, 1.807) is 33.2 Å². The Morgan fingerprint density at radius 3 is 2.48 bits per heavy atom. The molecule has 0 radical (unpaired) electrons. The second-order valence-corrected chi connectivity index (χ2v) is 8.01. The monoisotopic (exact) mass is 442 g/mol. The second-order valence-electron chi connectivity index (χ2n) is 7.01. The number of aryl methyl sites for hydroxylation is 1. The standard InChI is InChI=1S/C22H23FN4O3S/c1-13-19(21(29)27(2)3)31-22(25-13)26-20(28)17-12-16(8-9-18(17)23)30-15-6-4-14(5-7-15)10-11-24/h4-9,12H,10-11,24H2,1-3H3,(H,25,26,28). The zero-order chi connectivity index (χ0) is 22.5. The summed E-state index contributed by atoms with van der Waals surface area (Å²) in [7, 11) is 3.26. The minimum Gasteiger partial charge on any atom is -0.457 e. The maximum Gasteiger partial charge on any atom is 0.265 e. The Labute approximate surface area is 183 Å². The molecule has 0 saturated heterocycles. The fourth-order valence-electron chi connectivity index (χ4n) is 2.78. The largest absolute Gasteiger partial charge is 0.457 e. The van der Waals surface area contributed by atoms with Gasteiger partial charge in [0.1, 0.15) is 22.2 Å². The van der Waals surface area contributed by atoms with Crippen LogP contribution in [0, 0.1) is 12.7 Å². The van der Waals surface area contributed by atoms with Gasteiger partial charge in [0.05, 0.1) is 11.3 Å². The summed E-state index contributed by atoms with van der Waals surface area (Å²) < 4.78 is 20.1. The average Bonchev–Trinajstić information content (AvgIpc) is 3.10. The summed E-state index contributed by atoms with van der Waals surface area (Å²) in [4.78, 5) is 30.8. The fourth-order valence-corrected chi connectivity index (χ4v) is 3.77. The maximum absolute atomic E-state index is 14.3. The van der Waals surface area contributed by atoms with Crippen molar-refractivity contribution in [3.05, 3.63) is 70.0 Å². The van der Waals surface area contributed by atoms with E-state index in [-0.39, 0.29) is 16.6 Å². The number of halogens is 1. The Kier molecular flexibility index (Phi) is 6.98. The van der Waals surface area contributed by atoms with Crippen molar-refractivity contribution in [2.24, 2.45) is 5.73 Å². The third-order valence-electron chi connectivity index (χ3n) is 4.39. The number of rotatable bonds is 7. The van der Waals surface area contributed by atoms with Gasteiger partial charge in [0, 0.05) is 14.1 Å². The van der Waals surface area contributed by atoms with Gasteiger partial charge in [-0.2, -0.15) is 0 Å². The molecule has 2 amide bonds. The molecule has 0 aliphatic rings. The molecule has 9 heteroatoms. The molecule has 1 aromatic heterocycles. The zero-order valence-electron chi connectivity index (χ0n) is 17.4. The Balaban J connectivity index is 1.76. The number of carbonyl (C=O) groups excluding carboxylic acids is 2. The molecule has 3 rings (SSSR count). The molecule has 162 valence electrons. The van der Waals surface area contributed by atoms with Crippen molar-refractivity contribution in [1.82, 2.24) is 9.88 Å². The van der Waals surface area contributed by atoms with Gasteiger partial charge in [-0.05, 0) is 55.8 Å². The SMILES string of the molecule is Cc1nc(NC(=O)c2cc(Oc3ccc(CCN)cc3)ccc2F)sc1C(=O)N(C)C. The number of amides is 2. The van der Waals surface area contributed by atoms with E-state index in [1.165, 1.54) is 23.1 Å². The van der Waals surface area contributed by atoms with E-state index in [9.17, 15) is 14.0 Å². The van der Waals surface area contributed by atoms with Crippen LogP contribution in [0.4, 0.5) is 9.52 Å². The smallest absolute Gasteiger partial charge is 0.265 e. The summed E-state index contributed by atoms with van der Waals surface area (Å²) in [5, 5.41) is 2.77. The molecular formula is C22H23FN4O3S. The van der Waals surface area contributed by atoms with Crippen LogP contribution in [0.5, 0.6) is 11.5 Å². The molecule has 3 N–H and O–H groups in total. The van der Waals surface area contributed by atoms with Crippen molar-refractivity contribution < 1.29 is 18.7 Å². The summed E-state index contributed by atoms with van der Waals surface area (Å²) in [6.45, 7) is 2.23. The summed E-state index contributed by atoms with van der Waals surface area (Å²) in [5.41, 5.74) is 6.94. The minimum absolute atomic E-state index is 0.189. The van der Waals surface area contributed by atoms with E-state index < -0.39 is 11.7 Å². The molecule has 1 heterocycles. The molecule has 0 aliphatic heterocycles. The van der Waals surface area contributed by atoms with Crippen LogP contribution >= 0.6 is 11.3 Å².